The Kier molecular flexibility index (Phi) is 6.09. The molecule has 0 spiro atoms. The van der Waals surface area contributed by atoms with Crippen molar-refractivity contribution in [2.24, 2.45) is 0 Å². The van der Waals surface area contributed by atoms with Gasteiger partial charge in [0.1, 0.15) is 0 Å². The molecule has 1 N–H and O–H groups in total. The number of phenols is 1. The first kappa shape index (κ1) is 18.1. The lowest BCUT2D eigenvalue weighted by molar-refractivity contribution is -0.122. The summed E-state index contributed by atoms with van der Waals surface area (Å²) in [5, 5.41) is 9.97. The number of thioether (sulfide) groups is 1. The molecule has 1 fully saturated rings. The first-order valence-corrected chi connectivity index (χ1v) is 8.68. The fraction of sp³-hybridized carbons (Fsp3) is 0.333. The maximum Gasteiger partial charge on any atom is 0.293 e. The molecule has 1 aromatic carbocycles. The van der Waals surface area contributed by atoms with Gasteiger partial charge in [-0.05, 0) is 55.3 Å². The molecular formula is C18H21NO4S. The summed E-state index contributed by atoms with van der Waals surface area (Å²) in [7, 11) is 0. The third-order valence-electron chi connectivity index (χ3n) is 3.46. The molecule has 0 unspecified atom stereocenters. The normalized spacial score (nSPS) is 16.1. The van der Waals surface area contributed by atoms with E-state index in [4.69, 9.17) is 4.74 Å². The van der Waals surface area contributed by atoms with Gasteiger partial charge >= 0.3 is 0 Å². The molecule has 1 aliphatic rings. The SMILES string of the molecule is C=CCc1cc(/C=C2/SC(=O)N(CCC)C2=O)cc(OCC)c1O. The van der Waals surface area contributed by atoms with Gasteiger partial charge in [0.05, 0.1) is 11.5 Å². The Balaban J connectivity index is 2.39. The smallest absolute Gasteiger partial charge is 0.293 e. The zero-order valence-corrected chi connectivity index (χ0v) is 14.7. The Morgan fingerprint density at radius 3 is 2.71 bits per heavy atom. The van der Waals surface area contributed by atoms with Crippen molar-refractivity contribution < 1.29 is 19.4 Å². The molecule has 1 saturated heterocycles. The number of phenolic OH excluding ortho intramolecular Hbond substituents is 1. The molecule has 0 bridgehead atoms. The van der Waals surface area contributed by atoms with E-state index in [1.165, 1.54) is 4.90 Å². The Morgan fingerprint density at radius 1 is 1.33 bits per heavy atom. The molecule has 0 saturated carbocycles. The van der Waals surface area contributed by atoms with Gasteiger partial charge < -0.3 is 9.84 Å². The van der Waals surface area contributed by atoms with Crippen LogP contribution in [0.2, 0.25) is 0 Å². The van der Waals surface area contributed by atoms with Gasteiger partial charge in [0.2, 0.25) is 0 Å². The quantitative estimate of drug-likeness (QED) is 0.597. The zero-order chi connectivity index (χ0) is 17.7. The fourth-order valence-corrected chi connectivity index (χ4v) is 3.28. The molecule has 0 radical (unpaired) electrons. The van der Waals surface area contributed by atoms with E-state index in [1.807, 2.05) is 13.8 Å². The Bertz CT molecular complexity index is 697. The summed E-state index contributed by atoms with van der Waals surface area (Å²) >= 11 is 0.934. The maximum atomic E-state index is 12.3. The summed E-state index contributed by atoms with van der Waals surface area (Å²) in [6.45, 7) is 8.26. The van der Waals surface area contributed by atoms with Gasteiger partial charge in [0.15, 0.2) is 11.5 Å². The predicted molar refractivity (Wildman–Crippen MR) is 96.1 cm³/mol. The van der Waals surface area contributed by atoms with E-state index in [1.54, 1.807) is 24.3 Å². The standard InChI is InChI=1S/C18H21NO4S/c1-4-7-13-9-12(10-14(16(13)20)23-6-3)11-15-17(21)19(8-5-2)18(22)24-15/h4,9-11,20H,1,5-8H2,2-3H3/b15-11+. The molecule has 5 nitrogen and oxygen atoms in total. The second-order valence-electron chi connectivity index (χ2n) is 5.29. The van der Waals surface area contributed by atoms with Crippen LogP contribution in [0.1, 0.15) is 31.4 Å². The van der Waals surface area contributed by atoms with Crippen molar-refractivity contribution >= 4 is 29.0 Å². The van der Waals surface area contributed by atoms with Crippen molar-refractivity contribution in [1.29, 1.82) is 0 Å². The van der Waals surface area contributed by atoms with E-state index in [0.29, 0.717) is 41.4 Å². The third kappa shape index (κ3) is 3.82. The molecule has 1 aromatic rings. The number of carbonyl (C=O) groups excluding carboxylic acids is 2. The van der Waals surface area contributed by atoms with Crippen LogP contribution in [0.3, 0.4) is 0 Å². The molecule has 128 valence electrons. The van der Waals surface area contributed by atoms with Crippen molar-refractivity contribution in [1.82, 2.24) is 4.90 Å². The largest absolute Gasteiger partial charge is 0.504 e. The van der Waals surface area contributed by atoms with Crippen molar-refractivity contribution in [2.45, 2.75) is 26.7 Å². The molecule has 0 atom stereocenters. The van der Waals surface area contributed by atoms with Crippen LogP contribution in [0, 0.1) is 0 Å². The summed E-state index contributed by atoms with van der Waals surface area (Å²) in [5.41, 5.74) is 1.37. The zero-order valence-electron chi connectivity index (χ0n) is 13.9. The summed E-state index contributed by atoms with van der Waals surface area (Å²) in [6.07, 6.45) is 4.55. The van der Waals surface area contributed by atoms with Crippen LogP contribution >= 0.6 is 11.8 Å². The van der Waals surface area contributed by atoms with Gasteiger partial charge in [-0.2, -0.15) is 0 Å². The lowest BCUT2D eigenvalue weighted by Crippen LogP contribution is -2.28. The number of rotatable bonds is 7. The predicted octanol–water partition coefficient (Wildman–Crippen LogP) is 3.97. The van der Waals surface area contributed by atoms with Gasteiger partial charge in [0.25, 0.3) is 11.1 Å². The van der Waals surface area contributed by atoms with Crippen LogP contribution in [0.5, 0.6) is 11.5 Å². The second kappa shape index (κ2) is 8.06. The van der Waals surface area contributed by atoms with E-state index < -0.39 is 0 Å². The van der Waals surface area contributed by atoms with Crippen LogP contribution in [0.25, 0.3) is 6.08 Å². The molecule has 1 heterocycles. The van der Waals surface area contributed by atoms with Crippen molar-refractivity contribution in [2.75, 3.05) is 13.2 Å². The minimum Gasteiger partial charge on any atom is -0.504 e. The number of ether oxygens (including phenoxy) is 1. The van der Waals surface area contributed by atoms with E-state index in [0.717, 1.165) is 18.2 Å². The second-order valence-corrected chi connectivity index (χ2v) is 6.28. The minimum absolute atomic E-state index is 0.0768. The Labute approximate surface area is 146 Å². The van der Waals surface area contributed by atoms with Crippen LogP contribution in [0.4, 0.5) is 4.79 Å². The summed E-state index contributed by atoms with van der Waals surface area (Å²) in [5.74, 6) is 0.159. The summed E-state index contributed by atoms with van der Waals surface area (Å²) < 4.78 is 5.45. The molecule has 24 heavy (non-hydrogen) atoms. The fourth-order valence-electron chi connectivity index (χ4n) is 2.42. The van der Waals surface area contributed by atoms with Crippen LogP contribution in [0.15, 0.2) is 29.7 Å². The van der Waals surface area contributed by atoms with Gasteiger partial charge in [-0.15, -0.1) is 6.58 Å². The minimum atomic E-state index is -0.275. The average molecular weight is 347 g/mol. The van der Waals surface area contributed by atoms with Crippen molar-refractivity contribution in [3.05, 3.63) is 40.8 Å². The number of carbonyl (C=O) groups is 2. The topological polar surface area (TPSA) is 66.8 Å². The highest BCUT2D eigenvalue weighted by Crippen LogP contribution is 2.36. The molecular weight excluding hydrogens is 326 g/mol. The summed E-state index contributed by atoms with van der Waals surface area (Å²) in [6, 6.07) is 3.44. The van der Waals surface area contributed by atoms with Gasteiger partial charge in [-0.3, -0.25) is 14.5 Å². The number of amides is 2. The summed E-state index contributed by atoms with van der Waals surface area (Å²) in [4.78, 5) is 25.9. The highest BCUT2D eigenvalue weighted by Gasteiger charge is 2.34. The van der Waals surface area contributed by atoms with Crippen LogP contribution in [-0.2, 0) is 11.2 Å². The van der Waals surface area contributed by atoms with Crippen LogP contribution in [-0.4, -0.2) is 34.3 Å². The third-order valence-corrected chi connectivity index (χ3v) is 4.37. The number of nitrogens with zero attached hydrogens (tertiary/aromatic N) is 1. The molecule has 2 rings (SSSR count). The number of aromatic hydroxyl groups is 1. The van der Waals surface area contributed by atoms with Crippen molar-refractivity contribution in [3.63, 3.8) is 0 Å². The number of benzene rings is 1. The Hall–Kier alpha value is -2.21. The number of hydrogen-bond acceptors (Lipinski definition) is 5. The van der Waals surface area contributed by atoms with Crippen molar-refractivity contribution in [3.8, 4) is 11.5 Å². The van der Waals surface area contributed by atoms with E-state index in [2.05, 4.69) is 6.58 Å². The highest BCUT2D eigenvalue weighted by atomic mass is 32.2. The number of imide groups is 1. The first-order chi connectivity index (χ1) is 11.5. The lowest BCUT2D eigenvalue weighted by Gasteiger charge is -2.11. The number of allylic oxidation sites excluding steroid dienone is 1. The molecule has 0 aromatic heterocycles. The van der Waals surface area contributed by atoms with Crippen LogP contribution < -0.4 is 4.74 Å². The average Bonchev–Trinajstić information content (AvgIpc) is 2.80. The molecule has 2 amide bonds. The maximum absolute atomic E-state index is 12.3. The van der Waals surface area contributed by atoms with Gasteiger partial charge in [0, 0.05) is 12.1 Å². The van der Waals surface area contributed by atoms with E-state index >= 15 is 0 Å². The molecule has 1 aliphatic heterocycles. The van der Waals surface area contributed by atoms with E-state index in [9.17, 15) is 14.7 Å². The monoisotopic (exact) mass is 347 g/mol. The molecule has 0 aliphatic carbocycles. The van der Waals surface area contributed by atoms with Gasteiger partial charge in [-0.1, -0.05) is 13.0 Å². The Morgan fingerprint density at radius 2 is 2.08 bits per heavy atom. The molecule has 6 heteroatoms. The van der Waals surface area contributed by atoms with E-state index in [-0.39, 0.29) is 16.9 Å². The first-order valence-electron chi connectivity index (χ1n) is 7.86. The number of hydrogen-bond donors (Lipinski definition) is 1. The van der Waals surface area contributed by atoms with Gasteiger partial charge in [-0.25, -0.2) is 0 Å². The highest BCUT2D eigenvalue weighted by molar-refractivity contribution is 8.18. The lowest BCUT2D eigenvalue weighted by atomic mass is 10.1.